The summed E-state index contributed by atoms with van der Waals surface area (Å²) in [5.41, 5.74) is 7.62. The maximum atomic E-state index is 14.1. The average molecular weight is 250 g/mol. The SMILES string of the molecule is C[C@H](N)c1cccc(F)c1N1CCCCCCC1. The molecule has 0 amide bonds. The van der Waals surface area contributed by atoms with Crippen LogP contribution in [0.5, 0.6) is 0 Å². The molecule has 1 saturated heterocycles. The van der Waals surface area contributed by atoms with Crippen LogP contribution < -0.4 is 10.6 Å². The fourth-order valence-electron chi connectivity index (χ4n) is 2.70. The van der Waals surface area contributed by atoms with E-state index in [9.17, 15) is 4.39 Å². The van der Waals surface area contributed by atoms with Crippen molar-refractivity contribution in [3.63, 3.8) is 0 Å². The van der Waals surface area contributed by atoms with Gasteiger partial charge in [-0.2, -0.15) is 0 Å². The first-order chi connectivity index (χ1) is 8.70. The van der Waals surface area contributed by atoms with Crippen molar-refractivity contribution in [2.45, 2.75) is 45.1 Å². The highest BCUT2D eigenvalue weighted by Gasteiger charge is 2.18. The molecule has 0 aromatic heterocycles. The molecule has 100 valence electrons. The molecule has 1 atom stereocenters. The number of anilines is 1. The minimum atomic E-state index is -0.134. The summed E-state index contributed by atoms with van der Waals surface area (Å²) >= 11 is 0. The van der Waals surface area contributed by atoms with Gasteiger partial charge in [0.25, 0.3) is 0 Å². The Hall–Kier alpha value is -1.09. The van der Waals surface area contributed by atoms with Crippen LogP contribution in [0.4, 0.5) is 10.1 Å². The van der Waals surface area contributed by atoms with Crippen molar-refractivity contribution in [2.75, 3.05) is 18.0 Å². The molecule has 1 aromatic carbocycles. The van der Waals surface area contributed by atoms with E-state index in [0.717, 1.165) is 37.2 Å². The van der Waals surface area contributed by atoms with Crippen LogP contribution in [-0.4, -0.2) is 13.1 Å². The third-order valence-electron chi connectivity index (χ3n) is 3.68. The van der Waals surface area contributed by atoms with E-state index in [2.05, 4.69) is 4.90 Å². The quantitative estimate of drug-likeness (QED) is 0.868. The van der Waals surface area contributed by atoms with E-state index in [4.69, 9.17) is 5.73 Å². The Balaban J connectivity index is 2.29. The molecule has 0 aliphatic carbocycles. The van der Waals surface area contributed by atoms with E-state index in [0.29, 0.717) is 0 Å². The summed E-state index contributed by atoms with van der Waals surface area (Å²) in [5, 5.41) is 0. The van der Waals surface area contributed by atoms with Gasteiger partial charge in [0.15, 0.2) is 0 Å². The normalized spacial score (nSPS) is 19.2. The zero-order valence-corrected chi connectivity index (χ0v) is 11.2. The van der Waals surface area contributed by atoms with E-state index in [1.807, 2.05) is 13.0 Å². The van der Waals surface area contributed by atoms with Gasteiger partial charge in [-0.25, -0.2) is 4.39 Å². The molecule has 0 spiro atoms. The lowest BCUT2D eigenvalue weighted by Gasteiger charge is -2.30. The number of halogens is 1. The van der Waals surface area contributed by atoms with Crippen molar-refractivity contribution in [2.24, 2.45) is 5.73 Å². The molecule has 1 aromatic rings. The lowest BCUT2D eigenvalue weighted by atomic mass is 10.0. The molecular formula is C15H23FN2. The van der Waals surface area contributed by atoms with Gasteiger partial charge in [-0.3, -0.25) is 0 Å². The van der Waals surface area contributed by atoms with E-state index >= 15 is 0 Å². The topological polar surface area (TPSA) is 29.3 Å². The Morgan fingerprint density at radius 1 is 1.11 bits per heavy atom. The summed E-state index contributed by atoms with van der Waals surface area (Å²) in [5.74, 6) is -0.134. The van der Waals surface area contributed by atoms with Gasteiger partial charge in [0.1, 0.15) is 5.82 Å². The summed E-state index contributed by atoms with van der Waals surface area (Å²) in [6.07, 6.45) is 6.10. The summed E-state index contributed by atoms with van der Waals surface area (Å²) in [4.78, 5) is 2.19. The molecule has 0 radical (unpaired) electrons. The van der Waals surface area contributed by atoms with E-state index in [1.165, 1.54) is 19.3 Å². The van der Waals surface area contributed by atoms with Crippen LogP contribution in [0.1, 0.15) is 50.6 Å². The third kappa shape index (κ3) is 3.02. The van der Waals surface area contributed by atoms with Crippen molar-refractivity contribution >= 4 is 5.69 Å². The predicted octanol–water partition coefficient (Wildman–Crippen LogP) is 3.62. The lowest BCUT2D eigenvalue weighted by molar-refractivity contribution is 0.541. The molecule has 2 rings (SSSR count). The summed E-state index contributed by atoms with van der Waals surface area (Å²) < 4.78 is 14.1. The van der Waals surface area contributed by atoms with Gasteiger partial charge in [0, 0.05) is 19.1 Å². The van der Waals surface area contributed by atoms with Crippen LogP contribution in [0.25, 0.3) is 0 Å². The Labute approximate surface area is 109 Å². The molecule has 1 heterocycles. The molecule has 1 aliphatic heterocycles. The number of hydrogen-bond acceptors (Lipinski definition) is 2. The number of nitrogens with two attached hydrogens (primary N) is 1. The molecule has 2 nitrogen and oxygen atoms in total. The lowest BCUT2D eigenvalue weighted by Crippen LogP contribution is -2.29. The second kappa shape index (κ2) is 6.19. The molecule has 2 N–H and O–H groups in total. The van der Waals surface area contributed by atoms with E-state index < -0.39 is 0 Å². The highest BCUT2D eigenvalue weighted by atomic mass is 19.1. The van der Waals surface area contributed by atoms with Gasteiger partial charge in [-0.05, 0) is 31.4 Å². The van der Waals surface area contributed by atoms with Crippen molar-refractivity contribution in [1.29, 1.82) is 0 Å². The zero-order chi connectivity index (χ0) is 13.0. The fraction of sp³-hybridized carbons (Fsp3) is 0.600. The van der Waals surface area contributed by atoms with Gasteiger partial charge < -0.3 is 10.6 Å². The minimum Gasteiger partial charge on any atom is -0.369 e. The molecule has 0 unspecified atom stereocenters. The largest absolute Gasteiger partial charge is 0.369 e. The van der Waals surface area contributed by atoms with E-state index in [1.54, 1.807) is 12.1 Å². The van der Waals surface area contributed by atoms with Gasteiger partial charge >= 0.3 is 0 Å². The minimum absolute atomic E-state index is 0.124. The Kier molecular flexibility index (Phi) is 4.59. The fourth-order valence-corrected chi connectivity index (χ4v) is 2.70. The van der Waals surface area contributed by atoms with Gasteiger partial charge in [-0.15, -0.1) is 0 Å². The molecule has 1 aliphatic rings. The second-order valence-electron chi connectivity index (χ2n) is 5.22. The predicted molar refractivity (Wildman–Crippen MR) is 74.3 cm³/mol. The van der Waals surface area contributed by atoms with Crippen LogP contribution in [0.15, 0.2) is 18.2 Å². The number of benzene rings is 1. The number of rotatable bonds is 2. The first-order valence-corrected chi connectivity index (χ1v) is 6.99. The highest BCUT2D eigenvalue weighted by molar-refractivity contribution is 5.56. The Morgan fingerprint density at radius 2 is 1.72 bits per heavy atom. The van der Waals surface area contributed by atoms with Crippen LogP contribution in [0.3, 0.4) is 0 Å². The van der Waals surface area contributed by atoms with Crippen LogP contribution >= 0.6 is 0 Å². The van der Waals surface area contributed by atoms with E-state index in [-0.39, 0.29) is 11.9 Å². The first kappa shape index (κ1) is 13.3. The highest BCUT2D eigenvalue weighted by Crippen LogP contribution is 2.29. The molecule has 18 heavy (non-hydrogen) atoms. The molecule has 3 heteroatoms. The average Bonchev–Trinajstić information content (AvgIpc) is 2.29. The van der Waals surface area contributed by atoms with Crippen LogP contribution in [0.2, 0.25) is 0 Å². The second-order valence-corrected chi connectivity index (χ2v) is 5.22. The van der Waals surface area contributed by atoms with Crippen LogP contribution in [-0.2, 0) is 0 Å². The smallest absolute Gasteiger partial charge is 0.146 e. The first-order valence-electron chi connectivity index (χ1n) is 6.99. The zero-order valence-electron chi connectivity index (χ0n) is 11.2. The van der Waals surface area contributed by atoms with Gasteiger partial charge in [0.2, 0.25) is 0 Å². The molecule has 0 bridgehead atoms. The van der Waals surface area contributed by atoms with Gasteiger partial charge in [-0.1, -0.05) is 31.4 Å². The number of para-hydroxylation sites is 1. The summed E-state index contributed by atoms with van der Waals surface area (Å²) in [6, 6.07) is 5.12. The molecular weight excluding hydrogens is 227 g/mol. The molecule has 0 saturated carbocycles. The summed E-state index contributed by atoms with van der Waals surface area (Å²) in [7, 11) is 0. The Bertz CT molecular complexity index is 382. The Morgan fingerprint density at radius 3 is 2.33 bits per heavy atom. The number of hydrogen-bond donors (Lipinski definition) is 1. The number of nitrogens with zero attached hydrogens (tertiary/aromatic N) is 1. The molecule has 1 fully saturated rings. The summed E-state index contributed by atoms with van der Waals surface area (Å²) in [6.45, 7) is 3.81. The van der Waals surface area contributed by atoms with Gasteiger partial charge in [0.05, 0.1) is 5.69 Å². The standard InChI is InChI=1S/C15H23FN2/c1-12(17)13-8-7-9-14(16)15(13)18-10-5-3-2-4-6-11-18/h7-9,12H,2-6,10-11,17H2,1H3/t12-/m0/s1. The third-order valence-corrected chi connectivity index (χ3v) is 3.68. The van der Waals surface area contributed by atoms with Crippen molar-refractivity contribution in [3.05, 3.63) is 29.6 Å². The van der Waals surface area contributed by atoms with Crippen LogP contribution in [0, 0.1) is 5.82 Å². The van der Waals surface area contributed by atoms with Crippen molar-refractivity contribution in [1.82, 2.24) is 0 Å². The van der Waals surface area contributed by atoms with Crippen molar-refractivity contribution in [3.8, 4) is 0 Å². The maximum Gasteiger partial charge on any atom is 0.146 e. The van der Waals surface area contributed by atoms with Crippen molar-refractivity contribution < 1.29 is 4.39 Å². The maximum absolute atomic E-state index is 14.1. The monoisotopic (exact) mass is 250 g/mol.